The molecule has 7 heteroatoms. The van der Waals surface area contributed by atoms with Gasteiger partial charge in [0.25, 0.3) is 0 Å². The maximum absolute atomic E-state index is 9.44. The topological polar surface area (TPSA) is 77.5 Å². The number of aliphatic hydroxyl groups excluding tert-OH is 1. The van der Waals surface area contributed by atoms with Gasteiger partial charge in [0.15, 0.2) is 11.6 Å². The fourth-order valence-corrected chi connectivity index (χ4v) is 3.98. The molecule has 2 aromatic heterocycles. The predicted octanol–water partition coefficient (Wildman–Crippen LogP) is 1.64. The molecule has 2 aliphatic rings. The van der Waals surface area contributed by atoms with Crippen molar-refractivity contribution in [2.24, 2.45) is 0 Å². The number of hydrogen-bond acceptors (Lipinski definition) is 6. The SMILES string of the molecule is OCCN1C[C@@H]2COCCN2c2nc(-c3cccc4[nH]ccc34)ncc21. The first-order valence-electron chi connectivity index (χ1n) is 8.99. The lowest BCUT2D eigenvalue weighted by atomic mass is 10.1. The number of fused-ring (bicyclic) bond motifs is 4. The predicted molar refractivity (Wildman–Crippen MR) is 101 cm³/mol. The summed E-state index contributed by atoms with van der Waals surface area (Å²) in [4.78, 5) is 17.3. The van der Waals surface area contributed by atoms with E-state index in [0.717, 1.165) is 46.9 Å². The Labute approximate surface area is 151 Å². The minimum absolute atomic E-state index is 0.109. The van der Waals surface area contributed by atoms with Crippen molar-refractivity contribution in [1.82, 2.24) is 15.0 Å². The quantitative estimate of drug-likeness (QED) is 0.747. The summed E-state index contributed by atoms with van der Waals surface area (Å²) in [7, 11) is 0. The first-order valence-corrected chi connectivity index (χ1v) is 8.99. The number of nitrogens with zero attached hydrogens (tertiary/aromatic N) is 4. The summed E-state index contributed by atoms with van der Waals surface area (Å²) in [5.41, 5.74) is 3.09. The van der Waals surface area contributed by atoms with Gasteiger partial charge in [0.05, 0.1) is 37.7 Å². The molecule has 0 aliphatic carbocycles. The van der Waals surface area contributed by atoms with E-state index in [4.69, 9.17) is 9.72 Å². The van der Waals surface area contributed by atoms with Gasteiger partial charge in [0.2, 0.25) is 0 Å². The number of benzene rings is 1. The van der Waals surface area contributed by atoms with E-state index in [1.165, 1.54) is 0 Å². The molecule has 2 N–H and O–H groups in total. The number of morpholine rings is 1. The summed E-state index contributed by atoms with van der Waals surface area (Å²) in [5.74, 6) is 1.67. The monoisotopic (exact) mass is 351 g/mol. The van der Waals surface area contributed by atoms with Gasteiger partial charge in [-0.05, 0) is 12.1 Å². The molecule has 0 amide bonds. The van der Waals surface area contributed by atoms with Crippen molar-refractivity contribution in [2.45, 2.75) is 6.04 Å². The summed E-state index contributed by atoms with van der Waals surface area (Å²) in [5, 5.41) is 10.6. The molecule has 1 atom stereocenters. The second-order valence-electron chi connectivity index (χ2n) is 6.74. The fraction of sp³-hybridized carbons (Fsp3) is 0.368. The number of rotatable bonds is 3. The fourth-order valence-electron chi connectivity index (χ4n) is 3.98. The molecule has 2 aliphatic heterocycles. The molecule has 26 heavy (non-hydrogen) atoms. The van der Waals surface area contributed by atoms with E-state index in [-0.39, 0.29) is 12.6 Å². The maximum atomic E-state index is 9.44. The largest absolute Gasteiger partial charge is 0.395 e. The summed E-state index contributed by atoms with van der Waals surface area (Å²) < 4.78 is 5.66. The van der Waals surface area contributed by atoms with E-state index in [1.54, 1.807) is 0 Å². The number of aromatic amines is 1. The smallest absolute Gasteiger partial charge is 0.162 e. The number of nitrogens with one attached hydrogen (secondary N) is 1. The number of H-pyrrole nitrogens is 1. The number of β-amino-alcohol motifs (C(OH)–C–C–N with tert-alkyl or cyclic N) is 1. The molecule has 5 rings (SSSR count). The van der Waals surface area contributed by atoms with Crippen LogP contribution < -0.4 is 9.80 Å². The van der Waals surface area contributed by atoms with Crippen molar-refractivity contribution in [3.63, 3.8) is 0 Å². The van der Waals surface area contributed by atoms with Crippen molar-refractivity contribution in [2.75, 3.05) is 49.3 Å². The van der Waals surface area contributed by atoms with Crippen LogP contribution in [0.1, 0.15) is 0 Å². The third-order valence-electron chi connectivity index (χ3n) is 5.23. The Bertz CT molecular complexity index is 941. The molecular formula is C19H21N5O2. The van der Waals surface area contributed by atoms with Crippen LogP contribution in [0.3, 0.4) is 0 Å². The van der Waals surface area contributed by atoms with Gasteiger partial charge in [-0.2, -0.15) is 0 Å². The van der Waals surface area contributed by atoms with Crippen LogP contribution in [0.25, 0.3) is 22.3 Å². The minimum atomic E-state index is 0.109. The van der Waals surface area contributed by atoms with E-state index < -0.39 is 0 Å². The Balaban J connectivity index is 1.63. The first-order chi connectivity index (χ1) is 12.8. The van der Waals surface area contributed by atoms with Crippen molar-refractivity contribution < 1.29 is 9.84 Å². The van der Waals surface area contributed by atoms with Crippen molar-refractivity contribution in [1.29, 1.82) is 0 Å². The van der Waals surface area contributed by atoms with Gasteiger partial charge in [-0.25, -0.2) is 9.97 Å². The van der Waals surface area contributed by atoms with Crippen LogP contribution >= 0.6 is 0 Å². The van der Waals surface area contributed by atoms with Crippen molar-refractivity contribution in [3.05, 3.63) is 36.7 Å². The van der Waals surface area contributed by atoms with Gasteiger partial charge >= 0.3 is 0 Å². The van der Waals surface area contributed by atoms with Gasteiger partial charge in [0, 0.05) is 42.3 Å². The Hall–Kier alpha value is -2.64. The van der Waals surface area contributed by atoms with Crippen molar-refractivity contribution >= 4 is 22.4 Å². The Kier molecular flexibility index (Phi) is 3.76. The van der Waals surface area contributed by atoms with E-state index in [1.807, 2.05) is 18.5 Å². The molecule has 1 aromatic carbocycles. The molecule has 0 unspecified atom stereocenters. The van der Waals surface area contributed by atoms with Crippen LogP contribution in [-0.4, -0.2) is 65.6 Å². The number of aromatic nitrogens is 3. The molecule has 3 aromatic rings. The average Bonchev–Trinajstić information content (AvgIpc) is 3.17. The van der Waals surface area contributed by atoms with Crippen LogP contribution in [0.4, 0.5) is 11.5 Å². The van der Waals surface area contributed by atoms with Gasteiger partial charge in [-0.1, -0.05) is 12.1 Å². The standard InChI is InChI=1S/C19H21N5O2/c25-8-6-23-11-13-12-26-9-7-24(13)19-17(23)10-21-18(22-19)15-2-1-3-16-14(15)4-5-20-16/h1-5,10,13,20,25H,6-9,11-12H2/t13-/m1/s1. The summed E-state index contributed by atoms with van der Waals surface area (Å²) in [6.07, 6.45) is 3.83. The summed E-state index contributed by atoms with van der Waals surface area (Å²) in [6.45, 7) is 3.74. The van der Waals surface area contributed by atoms with Gasteiger partial charge in [0.1, 0.15) is 0 Å². The number of hydrogen-bond donors (Lipinski definition) is 2. The van der Waals surface area contributed by atoms with Crippen LogP contribution in [0.15, 0.2) is 36.7 Å². The van der Waals surface area contributed by atoms with E-state index in [0.29, 0.717) is 19.8 Å². The lowest BCUT2D eigenvalue weighted by Gasteiger charge is -2.45. The second kappa shape index (κ2) is 6.26. The molecule has 0 spiro atoms. The average molecular weight is 351 g/mol. The molecule has 0 bridgehead atoms. The highest BCUT2D eigenvalue weighted by molar-refractivity contribution is 5.93. The Morgan fingerprint density at radius 3 is 3.19 bits per heavy atom. The highest BCUT2D eigenvalue weighted by Crippen LogP contribution is 2.36. The summed E-state index contributed by atoms with van der Waals surface area (Å²) >= 11 is 0. The second-order valence-corrected chi connectivity index (χ2v) is 6.74. The van der Waals surface area contributed by atoms with Gasteiger partial charge in [-0.15, -0.1) is 0 Å². The number of ether oxygens (including phenoxy) is 1. The molecule has 134 valence electrons. The van der Waals surface area contributed by atoms with E-state index in [9.17, 15) is 5.11 Å². The Morgan fingerprint density at radius 1 is 1.31 bits per heavy atom. The molecule has 1 fully saturated rings. The Morgan fingerprint density at radius 2 is 2.27 bits per heavy atom. The van der Waals surface area contributed by atoms with Crippen molar-refractivity contribution in [3.8, 4) is 11.4 Å². The van der Waals surface area contributed by atoms with Gasteiger partial charge in [-0.3, -0.25) is 0 Å². The highest BCUT2D eigenvalue weighted by atomic mass is 16.5. The molecule has 1 saturated heterocycles. The third kappa shape index (κ3) is 2.43. The van der Waals surface area contributed by atoms with Gasteiger partial charge < -0.3 is 24.6 Å². The van der Waals surface area contributed by atoms with Crippen LogP contribution in [0.5, 0.6) is 0 Å². The molecular weight excluding hydrogens is 330 g/mol. The van der Waals surface area contributed by atoms with E-state index in [2.05, 4.69) is 38.0 Å². The molecule has 4 heterocycles. The first kappa shape index (κ1) is 15.6. The maximum Gasteiger partial charge on any atom is 0.162 e. The molecule has 0 radical (unpaired) electrons. The number of anilines is 2. The lowest BCUT2D eigenvalue weighted by molar-refractivity contribution is 0.0933. The highest BCUT2D eigenvalue weighted by Gasteiger charge is 2.34. The summed E-state index contributed by atoms with van der Waals surface area (Å²) in [6, 6.07) is 8.45. The van der Waals surface area contributed by atoms with Crippen LogP contribution in [-0.2, 0) is 4.74 Å². The lowest BCUT2D eigenvalue weighted by Crippen LogP contribution is -2.56. The minimum Gasteiger partial charge on any atom is -0.395 e. The van der Waals surface area contributed by atoms with Crippen LogP contribution in [0.2, 0.25) is 0 Å². The zero-order valence-electron chi connectivity index (χ0n) is 14.4. The number of aliphatic hydroxyl groups is 1. The molecule has 0 saturated carbocycles. The zero-order chi connectivity index (χ0) is 17.5. The molecule has 7 nitrogen and oxygen atoms in total. The van der Waals surface area contributed by atoms with Crippen LogP contribution in [0, 0.1) is 0 Å². The third-order valence-corrected chi connectivity index (χ3v) is 5.23. The normalized spacial score (nSPS) is 19.5. The zero-order valence-corrected chi connectivity index (χ0v) is 14.4. The van der Waals surface area contributed by atoms with E-state index >= 15 is 0 Å².